The van der Waals surface area contributed by atoms with Crippen LogP contribution in [0.3, 0.4) is 0 Å². The first-order valence-corrected chi connectivity index (χ1v) is 11.1. The Kier molecular flexibility index (Phi) is 8.62. The zero-order valence-electron chi connectivity index (χ0n) is 18.5. The quantitative estimate of drug-likeness (QED) is 0.552. The van der Waals surface area contributed by atoms with Crippen LogP contribution in [0.1, 0.15) is 48.5 Å². The molecule has 0 atom stereocenters. The Morgan fingerprint density at radius 2 is 1.72 bits per heavy atom. The van der Waals surface area contributed by atoms with E-state index in [9.17, 15) is 14.0 Å². The summed E-state index contributed by atoms with van der Waals surface area (Å²) in [5, 5.41) is 5.58. The zero-order chi connectivity index (χ0) is 22.8. The van der Waals surface area contributed by atoms with Crippen LogP contribution in [0.5, 0.6) is 5.75 Å². The van der Waals surface area contributed by atoms with Gasteiger partial charge >= 0.3 is 0 Å². The Labute approximate surface area is 188 Å². The fraction of sp³-hybridized carbons (Fsp3) is 0.440. The molecule has 1 fully saturated rings. The largest absolute Gasteiger partial charge is 0.494 e. The van der Waals surface area contributed by atoms with E-state index in [0.29, 0.717) is 31.9 Å². The fourth-order valence-corrected chi connectivity index (χ4v) is 3.76. The molecule has 3 rings (SSSR count). The summed E-state index contributed by atoms with van der Waals surface area (Å²) in [6, 6.07) is 13.3. The van der Waals surface area contributed by atoms with Crippen LogP contribution in [0.25, 0.3) is 0 Å². The van der Waals surface area contributed by atoms with Crippen LogP contribution < -0.4 is 15.4 Å². The molecule has 1 aliphatic heterocycles. The van der Waals surface area contributed by atoms with Crippen molar-refractivity contribution in [2.75, 3.05) is 32.9 Å². The summed E-state index contributed by atoms with van der Waals surface area (Å²) in [5.41, 5.74) is 1.14. The number of nitrogens with one attached hydrogen (secondary N) is 2. The molecule has 6 nitrogen and oxygen atoms in total. The van der Waals surface area contributed by atoms with Crippen LogP contribution in [-0.4, -0.2) is 44.7 Å². The lowest BCUT2D eigenvalue weighted by Crippen LogP contribution is -2.47. The van der Waals surface area contributed by atoms with E-state index in [1.807, 2.05) is 0 Å². The zero-order valence-corrected chi connectivity index (χ0v) is 18.5. The second-order valence-electron chi connectivity index (χ2n) is 8.09. The standard InChI is InChI=1S/C25H31FN2O4/c1-2-3-14-32-22-10-4-19(5-11-22)24(30)27-17-23(29)28-18-25(12-15-31-16-13-25)20-6-8-21(26)9-7-20/h4-11H,2-3,12-18H2,1H3,(H,27,30)(H,28,29). The first-order chi connectivity index (χ1) is 15.5. The highest BCUT2D eigenvalue weighted by Gasteiger charge is 2.34. The lowest BCUT2D eigenvalue weighted by atomic mass is 9.74. The third-order valence-corrected chi connectivity index (χ3v) is 5.82. The smallest absolute Gasteiger partial charge is 0.251 e. The number of halogens is 1. The highest BCUT2D eigenvalue weighted by atomic mass is 19.1. The Balaban J connectivity index is 1.50. The van der Waals surface area contributed by atoms with E-state index in [2.05, 4.69) is 17.6 Å². The second-order valence-corrected chi connectivity index (χ2v) is 8.09. The monoisotopic (exact) mass is 442 g/mol. The molecule has 7 heteroatoms. The number of rotatable bonds is 10. The van der Waals surface area contributed by atoms with Gasteiger partial charge in [0.25, 0.3) is 5.91 Å². The Bertz CT molecular complexity index is 878. The molecule has 2 amide bonds. The minimum absolute atomic E-state index is 0.121. The van der Waals surface area contributed by atoms with Gasteiger partial charge in [0.1, 0.15) is 11.6 Å². The number of amides is 2. The van der Waals surface area contributed by atoms with E-state index in [1.165, 1.54) is 12.1 Å². The highest BCUT2D eigenvalue weighted by Crippen LogP contribution is 2.34. The molecule has 0 aliphatic carbocycles. The Morgan fingerprint density at radius 1 is 1.03 bits per heavy atom. The van der Waals surface area contributed by atoms with Crippen molar-refractivity contribution in [3.63, 3.8) is 0 Å². The van der Waals surface area contributed by atoms with Crippen molar-refractivity contribution < 1.29 is 23.5 Å². The first kappa shape index (κ1) is 23.7. The average Bonchev–Trinajstić information content (AvgIpc) is 2.83. The van der Waals surface area contributed by atoms with Gasteiger partial charge in [-0.1, -0.05) is 25.5 Å². The number of carbonyl (C=O) groups excluding carboxylic acids is 2. The van der Waals surface area contributed by atoms with Gasteiger partial charge in [-0.25, -0.2) is 4.39 Å². The maximum atomic E-state index is 13.4. The van der Waals surface area contributed by atoms with Crippen molar-refractivity contribution in [3.8, 4) is 5.75 Å². The van der Waals surface area contributed by atoms with Crippen molar-refractivity contribution in [2.24, 2.45) is 0 Å². The maximum absolute atomic E-state index is 13.4. The summed E-state index contributed by atoms with van der Waals surface area (Å²) in [4.78, 5) is 24.8. The van der Waals surface area contributed by atoms with E-state index in [4.69, 9.17) is 9.47 Å². The van der Waals surface area contributed by atoms with Crippen LogP contribution in [0.15, 0.2) is 48.5 Å². The summed E-state index contributed by atoms with van der Waals surface area (Å²) >= 11 is 0. The summed E-state index contributed by atoms with van der Waals surface area (Å²) in [6.45, 7) is 4.20. The van der Waals surface area contributed by atoms with Gasteiger partial charge in [0.15, 0.2) is 0 Å². The van der Waals surface area contributed by atoms with Crippen molar-refractivity contribution in [2.45, 2.75) is 38.0 Å². The minimum atomic E-state index is -0.320. The van der Waals surface area contributed by atoms with E-state index in [-0.39, 0.29) is 29.6 Å². The molecule has 0 saturated carbocycles. The lowest BCUT2D eigenvalue weighted by molar-refractivity contribution is -0.120. The fourth-order valence-electron chi connectivity index (χ4n) is 3.76. The summed E-state index contributed by atoms with van der Waals surface area (Å²) in [7, 11) is 0. The number of ether oxygens (including phenoxy) is 2. The Morgan fingerprint density at radius 3 is 2.38 bits per heavy atom. The topological polar surface area (TPSA) is 76.7 Å². The van der Waals surface area contributed by atoms with Crippen LogP contribution in [0.2, 0.25) is 0 Å². The predicted molar refractivity (Wildman–Crippen MR) is 120 cm³/mol. The SMILES string of the molecule is CCCCOc1ccc(C(=O)NCC(=O)NCC2(c3ccc(F)cc3)CCOCC2)cc1. The van der Waals surface area contributed by atoms with Gasteiger partial charge in [0.05, 0.1) is 13.2 Å². The number of hydrogen-bond acceptors (Lipinski definition) is 4. The van der Waals surface area contributed by atoms with Gasteiger partial charge in [-0.15, -0.1) is 0 Å². The highest BCUT2D eigenvalue weighted by molar-refractivity contribution is 5.96. The molecular weight excluding hydrogens is 411 g/mol. The van der Waals surface area contributed by atoms with Crippen molar-refractivity contribution in [1.82, 2.24) is 10.6 Å². The van der Waals surface area contributed by atoms with Crippen molar-refractivity contribution in [3.05, 3.63) is 65.5 Å². The molecule has 0 unspecified atom stereocenters. The second kappa shape index (κ2) is 11.6. The molecular formula is C25H31FN2O4. The van der Waals surface area contributed by atoms with Crippen LogP contribution >= 0.6 is 0 Å². The van der Waals surface area contributed by atoms with Gasteiger partial charge in [-0.3, -0.25) is 9.59 Å². The summed E-state index contributed by atoms with van der Waals surface area (Å²) < 4.78 is 24.4. The maximum Gasteiger partial charge on any atom is 0.251 e. The van der Waals surface area contributed by atoms with Gasteiger partial charge in [-0.2, -0.15) is 0 Å². The van der Waals surface area contributed by atoms with Crippen molar-refractivity contribution in [1.29, 1.82) is 0 Å². The summed E-state index contributed by atoms with van der Waals surface area (Å²) in [6.07, 6.45) is 3.50. The molecule has 2 aromatic carbocycles. The molecule has 0 bridgehead atoms. The van der Waals surface area contributed by atoms with Crippen LogP contribution in [-0.2, 0) is 14.9 Å². The number of unbranched alkanes of at least 4 members (excludes halogenated alkanes) is 1. The first-order valence-electron chi connectivity index (χ1n) is 11.1. The predicted octanol–water partition coefficient (Wildman–Crippen LogP) is 3.60. The molecule has 0 aromatic heterocycles. The average molecular weight is 443 g/mol. The number of carbonyl (C=O) groups is 2. The molecule has 2 N–H and O–H groups in total. The van der Waals surface area contributed by atoms with E-state index < -0.39 is 0 Å². The van der Waals surface area contributed by atoms with Crippen LogP contribution in [0.4, 0.5) is 4.39 Å². The normalized spacial score (nSPS) is 15.1. The van der Waals surface area contributed by atoms with Crippen LogP contribution in [0, 0.1) is 5.82 Å². The minimum Gasteiger partial charge on any atom is -0.494 e. The summed E-state index contributed by atoms with van der Waals surface area (Å²) in [5.74, 6) is -0.163. The van der Waals surface area contributed by atoms with E-state index >= 15 is 0 Å². The Hall–Kier alpha value is -2.93. The van der Waals surface area contributed by atoms with E-state index in [1.54, 1.807) is 36.4 Å². The van der Waals surface area contributed by atoms with Gasteiger partial charge in [0, 0.05) is 30.7 Å². The van der Waals surface area contributed by atoms with Gasteiger partial charge in [0.2, 0.25) is 5.91 Å². The number of hydrogen-bond donors (Lipinski definition) is 2. The molecule has 1 heterocycles. The lowest BCUT2D eigenvalue weighted by Gasteiger charge is -2.38. The van der Waals surface area contributed by atoms with Gasteiger partial charge in [-0.05, 0) is 61.2 Å². The van der Waals surface area contributed by atoms with Gasteiger partial charge < -0.3 is 20.1 Å². The molecule has 1 aliphatic rings. The molecule has 0 radical (unpaired) electrons. The van der Waals surface area contributed by atoms with E-state index in [0.717, 1.165) is 37.0 Å². The molecule has 172 valence electrons. The molecule has 0 spiro atoms. The molecule has 2 aromatic rings. The third kappa shape index (κ3) is 6.53. The molecule has 1 saturated heterocycles. The number of benzene rings is 2. The third-order valence-electron chi connectivity index (χ3n) is 5.82. The van der Waals surface area contributed by atoms with Crippen molar-refractivity contribution >= 4 is 11.8 Å². The molecule has 32 heavy (non-hydrogen) atoms.